The van der Waals surface area contributed by atoms with E-state index in [0.717, 1.165) is 17.0 Å². The first-order chi connectivity index (χ1) is 10.5. The molecule has 22 heavy (non-hydrogen) atoms. The van der Waals surface area contributed by atoms with Gasteiger partial charge in [0, 0.05) is 23.3 Å². The van der Waals surface area contributed by atoms with Gasteiger partial charge < -0.3 is 4.74 Å². The Balaban J connectivity index is 1.85. The van der Waals surface area contributed by atoms with Crippen molar-refractivity contribution in [1.29, 1.82) is 0 Å². The summed E-state index contributed by atoms with van der Waals surface area (Å²) in [4.78, 5) is 11.7. The number of nitrogens with one attached hydrogen (secondary N) is 1. The molecule has 0 unspecified atom stereocenters. The molecule has 1 aromatic carbocycles. The van der Waals surface area contributed by atoms with E-state index in [0.29, 0.717) is 10.8 Å². The molecule has 0 saturated carbocycles. The second-order valence-electron chi connectivity index (χ2n) is 4.74. The molecule has 0 spiro atoms. The standard InChI is InChI=1S/C15H17ClN4O2/c1-10-14(11(2)20(3)19-10)8-17-18-15(21)9-22-13-6-4-12(16)5-7-13/h4-8H,9H2,1-3H3,(H,18,21)/b17-8-. The summed E-state index contributed by atoms with van der Waals surface area (Å²) in [6.45, 7) is 3.70. The minimum Gasteiger partial charge on any atom is -0.484 e. The van der Waals surface area contributed by atoms with Crippen molar-refractivity contribution in [2.24, 2.45) is 12.1 Å². The topological polar surface area (TPSA) is 68.5 Å². The third kappa shape index (κ3) is 4.08. The van der Waals surface area contributed by atoms with Crippen LogP contribution in [0.4, 0.5) is 0 Å². The first-order valence-electron chi connectivity index (χ1n) is 6.68. The van der Waals surface area contributed by atoms with Gasteiger partial charge in [-0.15, -0.1) is 0 Å². The fourth-order valence-electron chi connectivity index (χ4n) is 1.86. The van der Waals surface area contributed by atoms with Gasteiger partial charge in [-0.25, -0.2) is 5.43 Å². The van der Waals surface area contributed by atoms with E-state index in [-0.39, 0.29) is 12.5 Å². The number of aromatic nitrogens is 2. The molecule has 0 bridgehead atoms. The van der Waals surface area contributed by atoms with Crippen LogP contribution >= 0.6 is 11.6 Å². The lowest BCUT2D eigenvalue weighted by Gasteiger charge is -2.04. The van der Waals surface area contributed by atoms with Gasteiger partial charge in [-0.2, -0.15) is 10.2 Å². The number of carbonyl (C=O) groups excluding carboxylic acids is 1. The Labute approximate surface area is 133 Å². The maximum Gasteiger partial charge on any atom is 0.277 e. The normalized spacial score (nSPS) is 10.9. The van der Waals surface area contributed by atoms with Crippen molar-refractivity contribution in [2.75, 3.05) is 6.61 Å². The number of benzene rings is 1. The minimum atomic E-state index is -0.342. The molecule has 0 aliphatic carbocycles. The number of hydrogen-bond acceptors (Lipinski definition) is 4. The summed E-state index contributed by atoms with van der Waals surface area (Å²) >= 11 is 5.77. The van der Waals surface area contributed by atoms with Gasteiger partial charge in [0.2, 0.25) is 0 Å². The summed E-state index contributed by atoms with van der Waals surface area (Å²) in [5.41, 5.74) is 5.15. The molecule has 0 aliphatic rings. The monoisotopic (exact) mass is 320 g/mol. The highest BCUT2D eigenvalue weighted by Gasteiger charge is 2.07. The summed E-state index contributed by atoms with van der Waals surface area (Å²) in [5, 5.41) is 8.81. The zero-order chi connectivity index (χ0) is 16.1. The Hall–Kier alpha value is -2.34. The predicted octanol–water partition coefficient (Wildman–Crippen LogP) is 2.22. The predicted molar refractivity (Wildman–Crippen MR) is 85.4 cm³/mol. The molecule has 0 aliphatic heterocycles. The van der Waals surface area contributed by atoms with E-state index < -0.39 is 0 Å². The Morgan fingerprint density at radius 1 is 1.41 bits per heavy atom. The van der Waals surface area contributed by atoms with Crippen LogP contribution in [0, 0.1) is 13.8 Å². The van der Waals surface area contributed by atoms with E-state index >= 15 is 0 Å². The smallest absolute Gasteiger partial charge is 0.277 e. The second-order valence-corrected chi connectivity index (χ2v) is 5.18. The van der Waals surface area contributed by atoms with Gasteiger partial charge >= 0.3 is 0 Å². The maximum atomic E-state index is 11.7. The summed E-state index contributed by atoms with van der Waals surface area (Å²) in [6, 6.07) is 6.78. The SMILES string of the molecule is Cc1nn(C)c(C)c1/C=N\NC(=O)COc1ccc(Cl)cc1. The molecule has 0 radical (unpaired) electrons. The van der Waals surface area contributed by atoms with Crippen molar-refractivity contribution in [3.05, 3.63) is 46.2 Å². The van der Waals surface area contributed by atoms with Crippen molar-refractivity contribution < 1.29 is 9.53 Å². The summed E-state index contributed by atoms with van der Waals surface area (Å²) in [5.74, 6) is 0.230. The lowest BCUT2D eigenvalue weighted by Crippen LogP contribution is -2.24. The zero-order valence-electron chi connectivity index (χ0n) is 12.6. The summed E-state index contributed by atoms with van der Waals surface area (Å²) in [6.07, 6.45) is 1.58. The van der Waals surface area contributed by atoms with E-state index in [2.05, 4.69) is 15.6 Å². The lowest BCUT2D eigenvalue weighted by atomic mass is 10.2. The number of aryl methyl sites for hydroxylation is 2. The van der Waals surface area contributed by atoms with Crippen LogP contribution < -0.4 is 10.2 Å². The largest absolute Gasteiger partial charge is 0.484 e. The molecule has 2 rings (SSSR count). The van der Waals surface area contributed by atoms with Gasteiger partial charge in [0.25, 0.3) is 5.91 Å². The molecular weight excluding hydrogens is 304 g/mol. The highest BCUT2D eigenvalue weighted by Crippen LogP contribution is 2.15. The van der Waals surface area contributed by atoms with Gasteiger partial charge in [-0.1, -0.05) is 11.6 Å². The van der Waals surface area contributed by atoms with Gasteiger partial charge in [0.05, 0.1) is 11.9 Å². The molecule has 2 aromatic rings. The Morgan fingerprint density at radius 3 is 2.68 bits per heavy atom. The van der Waals surface area contributed by atoms with E-state index in [9.17, 15) is 4.79 Å². The van der Waals surface area contributed by atoms with Crippen molar-refractivity contribution in [1.82, 2.24) is 15.2 Å². The van der Waals surface area contributed by atoms with Crippen LogP contribution in [0.15, 0.2) is 29.4 Å². The molecule has 0 atom stereocenters. The van der Waals surface area contributed by atoms with Gasteiger partial charge in [-0.3, -0.25) is 9.48 Å². The van der Waals surface area contributed by atoms with Crippen molar-refractivity contribution >= 4 is 23.7 Å². The molecule has 7 heteroatoms. The number of rotatable bonds is 5. The molecule has 0 fully saturated rings. The third-order valence-electron chi connectivity index (χ3n) is 3.13. The van der Waals surface area contributed by atoms with Crippen LogP contribution in [0.25, 0.3) is 0 Å². The van der Waals surface area contributed by atoms with Crippen molar-refractivity contribution in [3.63, 3.8) is 0 Å². The average molecular weight is 321 g/mol. The second kappa shape index (κ2) is 7.09. The highest BCUT2D eigenvalue weighted by molar-refractivity contribution is 6.30. The van der Waals surface area contributed by atoms with Gasteiger partial charge in [0.15, 0.2) is 6.61 Å². The number of amides is 1. The van der Waals surface area contributed by atoms with Crippen LogP contribution in [0.3, 0.4) is 0 Å². The Bertz CT molecular complexity index is 692. The molecule has 116 valence electrons. The van der Waals surface area contributed by atoms with E-state index in [1.165, 1.54) is 0 Å². The van der Waals surface area contributed by atoms with Crippen molar-refractivity contribution in [3.8, 4) is 5.75 Å². The number of carbonyl (C=O) groups is 1. The first-order valence-corrected chi connectivity index (χ1v) is 7.05. The number of ether oxygens (including phenoxy) is 1. The quantitative estimate of drug-likeness (QED) is 0.678. The molecule has 1 heterocycles. The number of hydrogen-bond donors (Lipinski definition) is 1. The van der Waals surface area contributed by atoms with Crippen LogP contribution in [0.1, 0.15) is 17.0 Å². The minimum absolute atomic E-state index is 0.121. The molecule has 1 N–H and O–H groups in total. The van der Waals surface area contributed by atoms with E-state index in [1.54, 1.807) is 35.2 Å². The molecule has 1 aromatic heterocycles. The van der Waals surface area contributed by atoms with Gasteiger partial charge in [-0.05, 0) is 38.1 Å². The fraction of sp³-hybridized carbons (Fsp3) is 0.267. The van der Waals surface area contributed by atoms with E-state index in [1.807, 2.05) is 20.9 Å². The Kier molecular flexibility index (Phi) is 5.16. The maximum absolute atomic E-state index is 11.7. The summed E-state index contributed by atoms with van der Waals surface area (Å²) in [7, 11) is 1.86. The molecule has 1 amide bonds. The fourth-order valence-corrected chi connectivity index (χ4v) is 1.98. The van der Waals surface area contributed by atoms with Crippen LogP contribution in [-0.4, -0.2) is 28.5 Å². The first kappa shape index (κ1) is 16.0. The lowest BCUT2D eigenvalue weighted by molar-refractivity contribution is -0.123. The number of halogens is 1. The summed E-state index contributed by atoms with van der Waals surface area (Å²) < 4.78 is 7.08. The van der Waals surface area contributed by atoms with Crippen LogP contribution in [0.2, 0.25) is 5.02 Å². The van der Waals surface area contributed by atoms with Crippen LogP contribution in [-0.2, 0) is 11.8 Å². The Morgan fingerprint density at radius 2 is 2.09 bits per heavy atom. The molecule has 0 saturated heterocycles. The van der Waals surface area contributed by atoms with E-state index in [4.69, 9.17) is 16.3 Å². The van der Waals surface area contributed by atoms with Crippen LogP contribution in [0.5, 0.6) is 5.75 Å². The third-order valence-corrected chi connectivity index (χ3v) is 3.38. The number of hydrazone groups is 1. The molecular formula is C15H17ClN4O2. The average Bonchev–Trinajstić information content (AvgIpc) is 2.73. The van der Waals surface area contributed by atoms with Gasteiger partial charge in [0.1, 0.15) is 5.75 Å². The highest BCUT2D eigenvalue weighted by atomic mass is 35.5. The zero-order valence-corrected chi connectivity index (χ0v) is 13.4. The number of nitrogens with zero attached hydrogens (tertiary/aromatic N) is 3. The molecule has 6 nitrogen and oxygen atoms in total. The van der Waals surface area contributed by atoms with Crippen molar-refractivity contribution in [2.45, 2.75) is 13.8 Å².